The van der Waals surface area contributed by atoms with E-state index in [2.05, 4.69) is 16.0 Å². The standard InChI is InChI=1S/C11H6N3/c12-7-9-4-5-11(14-8-9)10-3-1-2-6-13-10/h1,3-6,8H. The molecule has 0 aliphatic rings. The average Bonchev–Trinajstić information content (AvgIpc) is 2.30. The molecule has 2 aromatic heterocycles. The molecule has 0 aromatic carbocycles. The van der Waals surface area contributed by atoms with Gasteiger partial charge in [-0.1, -0.05) is 6.07 Å². The van der Waals surface area contributed by atoms with E-state index in [0.29, 0.717) is 5.56 Å². The van der Waals surface area contributed by atoms with Crippen LogP contribution in [0.4, 0.5) is 0 Å². The lowest BCUT2D eigenvalue weighted by molar-refractivity contribution is 1.24. The summed E-state index contributed by atoms with van der Waals surface area (Å²) in [5, 5.41) is 8.59. The van der Waals surface area contributed by atoms with Crippen molar-refractivity contribution >= 4 is 0 Å². The molecular formula is C11H6N3. The zero-order valence-electron chi connectivity index (χ0n) is 7.31. The molecule has 0 atom stereocenters. The van der Waals surface area contributed by atoms with Crippen molar-refractivity contribution in [1.82, 2.24) is 9.97 Å². The molecule has 2 aromatic rings. The maximum Gasteiger partial charge on any atom is 0.101 e. The van der Waals surface area contributed by atoms with Crippen molar-refractivity contribution in [2.24, 2.45) is 0 Å². The molecule has 2 rings (SSSR count). The van der Waals surface area contributed by atoms with Gasteiger partial charge in [0.05, 0.1) is 17.0 Å². The third-order valence-corrected chi connectivity index (χ3v) is 1.77. The molecule has 1 radical (unpaired) electrons. The van der Waals surface area contributed by atoms with E-state index in [4.69, 9.17) is 5.26 Å². The second-order valence-electron chi connectivity index (χ2n) is 2.69. The monoisotopic (exact) mass is 180 g/mol. The summed E-state index contributed by atoms with van der Waals surface area (Å²) >= 11 is 0. The molecule has 3 heteroatoms. The van der Waals surface area contributed by atoms with Gasteiger partial charge < -0.3 is 0 Å². The van der Waals surface area contributed by atoms with Crippen LogP contribution in [0, 0.1) is 17.4 Å². The van der Waals surface area contributed by atoms with E-state index in [-0.39, 0.29) is 0 Å². The molecule has 2 heterocycles. The summed E-state index contributed by atoms with van der Waals surface area (Å²) in [6.45, 7) is 0. The van der Waals surface area contributed by atoms with Crippen molar-refractivity contribution in [1.29, 1.82) is 5.26 Å². The van der Waals surface area contributed by atoms with Crippen molar-refractivity contribution < 1.29 is 0 Å². The van der Waals surface area contributed by atoms with Crippen LogP contribution in [0.2, 0.25) is 0 Å². The highest BCUT2D eigenvalue weighted by Gasteiger charge is 1.98. The van der Waals surface area contributed by atoms with Crippen LogP contribution in [0.5, 0.6) is 0 Å². The van der Waals surface area contributed by atoms with E-state index in [1.165, 1.54) is 6.20 Å². The Morgan fingerprint density at radius 1 is 1.14 bits per heavy atom. The zero-order chi connectivity index (χ0) is 9.80. The van der Waals surface area contributed by atoms with Crippen molar-refractivity contribution in [3.05, 3.63) is 48.3 Å². The molecule has 0 amide bonds. The highest BCUT2D eigenvalue weighted by molar-refractivity contribution is 5.54. The van der Waals surface area contributed by atoms with Gasteiger partial charge in [0.1, 0.15) is 6.07 Å². The Morgan fingerprint density at radius 2 is 2.00 bits per heavy atom. The first-order chi connectivity index (χ1) is 6.90. The van der Waals surface area contributed by atoms with Gasteiger partial charge in [-0.2, -0.15) is 5.26 Å². The molecule has 0 bridgehead atoms. The van der Waals surface area contributed by atoms with Crippen LogP contribution in [0.3, 0.4) is 0 Å². The number of aromatic nitrogens is 2. The topological polar surface area (TPSA) is 49.6 Å². The number of hydrogen-bond acceptors (Lipinski definition) is 3. The van der Waals surface area contributed by atoms with E-state index in [1.54, 1.807) is 24.4 Å². The maximum absolute atomic E-state index is 8.59. The van der Waals surface area contributed by atoms with Gasteiger partial charge in [-0.25, -0.2) is 0 Å². The summed E-state index contributed by atoms with van der Waals surface area (Å²) in [4.78, 5) is 8.22. The van der Waals surface area contributed by atoms with Crippen LogP contribution in [-0.4, -0.2) is 9.97 Å². The van der Waals surface area contributed by atoms with E-state index < -0.39 is 0 Å². The summed E-state index contributed by atoms with van der Waals surface area (Å²) in [5.74, 6) is 0. The molecule has 0 N–H and O–H groups in total. The quantitative estimate of drug-likeness (QED) is 0.672. The predicted octanol–water partition coefficient (Wildman–Crippen LogP) is 1.82. The van der Waals surface area contributed by atoms with E-state index in [1.807, 2.05) is 12.1 Å². The van der Waals surface area contributed by atoms with Gasteiger partial charge in [0.25, 0.3) is 0 Å². The number of nitrogens with zero attached hydrogens (tertiary/aromatic N) is 3. The third kappa shape index (κ3) is 1.59. The minimum absolute atomic E-state index is 0.552. The van der Waals surface area contributed by atoms with Crippen LogP contribution in [0.25, 0.3) is 11.4 Å². The predicted molar refractivity (Wildman–Crippen MR) is 51.0 cm³/mol. The van der Waals surface area contributed by atoms with Crippen molar-refractivity contribution in [3.63, 3.8) is 0 Å². The zero-order valence-corrected chi connectivity index (χ0v) is 7.31. The minimum Gasteiger partial charge on any atom is -0.254 e. The smallest absolute Gasteiger partial charge is 0.101 e. The van der Waals surface area contributed by atoms with Crippen LogP contribution in [0.1, 0.15) is 5.56 Å². The first-order valence-corrected chi connectivity index (χ1v) is 4.09. The molecule has 0 saturated heterocycles. The first-order valence-electron chi connectivity index (χ1n) is 4.09. The molecule has 0 unspecified atom stereocenters. The number of nitriles is 1. The Hall–Kier alpha value is -2.21. The molecular weight excluding hydrogens is 174 g/mol. The Kier molecular flexibility index (Phi) is 2.20. The normalized spacial score (nSPS) is 9.36. The number of pyridine rings is 2. The molecule has 0 aliphatic heterocycles. The Morgan fingerprint density at radius 3 is 2.57 bits per heavy atom. The van der Waals surface area contributed by atoms with Gasteiger partial charge >= 0.3 is 0 Å². The Balaban J connectivity index is 2.40. The van der Waals surface area contributed by atoms with Crippen molar-refractivity contribution in [2.45, 2.75) is 0 Å². The second kappa shape index (κ2) is 3.67. The van der Waals surface area contributed by atoms with Gasteiger partial charge in [0, 0.05) is 18.5 Å². The lowest BCUT2D eigenvalue weighted by Gasteiger charge is -1.97. The summed E-state index contributed by atoms with van der Waals surface area (Å²) in [6.07, 6.45) is 3.13. The summed E-state index contributed by atoms with van der Waals surface area (Å²) in [7, 11) is 0. The molecule has 0 aliphatic carbocycles. The van der Waals surface area contributed by atoms with Gasteiger partial charge in [0.2, 0.25) is 0 Å². The second-order valence-corrected chi connectivity index (χ2v) is 2.69. The van der Waals surface area contributed by atoms with Crippen molar-refractivity contribution in [2.75, 3.05) is 0 Å². The maximum atomic E-state index is 8.59. The largest absolute Gasteiger partial charge is 0.254 e. The molecule has 65 valence electrons. The van der Waals surface area contributed by atoms with Gasteiger partial charge in [-0.15, -0.1) is 0 Å². The third-order valence-electron chi connectivity index (χ3n) is 1.77. The Bertz CT molecular complexity index is 454. The van der Waals surface area contributed by atoms with Crippen LogP contribution in [0.15, 0.2) is 36.7 Å². The number of rotatable bonds is 1. The summed E-state index contributed by atoms with van der Waals surface area (Å²) in [5.41, 5.74) is 2.10. The Labute approximate surface area is 81.7 Å². The van der Waals surface area contributed by atoms with Gasteiger partial charge in [0.15, 0.2) is 0 Å². The van der Waals surface area contributed by atoms with Gasteiger partial charge in [-0.05, 0) is 18.2 Å². The SMILES string of the molecule is N#Cc1ccc(-c2cc[c]cn2)nc1. The van der Waals surface area contributed by atoms with Crippen LogP contribution < -0.4 is 0 Å². The summed E-state index contributed by atoms with van der Waals surface area (Å²) < 4.78 is 0. The molecule has 0 spiro atoms. The highest BCUT2D eigenvalue weighted by Crippen LogP contribution is 2.12. The van der Waals surface area contributed by atoms with Crippen molar-refractivity contribution in [3.8, 4) is 17.5 Å². The fourth-order valence-corrected chi connectivity index (χ4v) is 1.08. The lowest BCUT2D eigenvalue weighted by Crippen LogP contribution is -1.86. The fraction of sp³-hybridized carbons (Fsp3) is 0. The average molecular weight is 180 g/mol. The van der Waals surface area contributed by atoms with Crippen LogP contribution >= 0.6 is 0 Å². The minimum atomic E-state index is 0.552. The fourth-order valence-electron chi connectivity index (χ4n) is 1.08. The van der Waals surface area contributed by atoms with Gasteiger partial charge in [-0.3, -0.25) is 9.97 Å². The number of hydrogen-bond donors (Lipinski definition) is 0. The molecule has 0 fully saturated rings. The lowest BCUT2D eigenvalue weighted by atomic mass is 10.2. The van der Waals surface area contributed by atoms with Crippen LogP contribution in [-0.2, 0) is 0 Å². The van der Waals surface area contributed by atoms with E-state index >= 15 is 0 Å². The van der Waals surface area contributed by atoms with E-state index in [9.17, 15) is 0 Å². The summed E-state index contributed by atoms with van der Waals surface area (Å²) in [6, 6.07) is 12.0. The first kappa shape index (κ1) is 8.39. The highest BCUT2D eigenvalue weighted by atomic mass is 14.8. The van der Waals surface area contributed by atoms with E-state index in [0.717, 1.165) is 11.4 Å². The molecule has 14 heavy (non-hydrogen) atoms. The molecule has 3 nitrogen and oxygen atoms in total. The molecule has 0 saturated carbocycles.